The van der Waals surface area contributed by atoms with Crippen LogP contribution in [-0.2, 0) is 0 Å². The van der Waals surface area contributed by atoms with Gasteiger partial charge in [0.05, 0.1) is 0 Å². The summed E-state index contributed by atoms with van der Waals surface area (Å²) >= 11 is 3.53. The van der Waals surface area contributed by atoms with Gasteiger partial charge >= 0.3 is 0 Å². The van der Waals surface area contributed by atoms with E-state index in [2.05, 4.69) is 64.7 Å². The minimum absolute atomic E-state index is 0.415. The summed E-state index contributed by atoms with van der Waals surface area (Å²) in [4.78, 5) is 0. The van der Waals surface area contributed by atoms with Crippen molar-refractivity contribution >= 4 is 15.9 Å². The van der Waals surface area contributed by atoms with E-state index in [0.717, 1.165) is 17.6 Å². The minimum Gasteiger partial charge on any atom is -0.316 e. The maximum atomic E-state index is 3.75. The second kappa shape index (κ2) is 5.98. The van der Waals surface area contributed by atoms with Gasteiger partial charge in [0.1, 0.15) is 0 Å². The van der Waals surface area contributed by atoms with Crippen LogP contribution in [0.1, 0.15) is 31.9 Å². The van der Waals surface area contributed by atoms with Gasteiger partial charge in [0.15, 0.2) is 0 Å². The van der Waals surface area contributed by atoms with Crippen molar-refractivity contribution in [1.29, 1.82) is 0 Å². The molecule has 0 saturated carbocycles. The van der Waals surface area contributed by atoms with Crippen molar-refractivity contribution in [1.82, 2.24) is 10.6 Å². The summed E-state index contributed by atoms with van der Waals surface area (Å²) in [6.45, 7) is 6.82. The van der Waals surface area contributed by atoms with E-state index in [0.29, 0.717) is 18.0 Å². The average Bonchev–Trinajstić information content (AvgIpc) is 2.32. The summed E-state index contributed by atoms with van der Waals surface area (Å²) in [7, 11) is 0. The number of hydrogen-bond acceptors (Lipinski definition) is 2. The fourth-order valence-electron chi connectivity index (χ4n) is 2.45. The summed E-state index contributed by atoms with van der Waals surface area (Å²) in [6.07, 6.45) is 1.22. The largest absolute Gasteiger partial charge is 0.316 e. The van der Waals surface area contributed by atoms with E-state index in [1.165, 1.54) is 12.0 Å². The molecule has 0 aromatic heterocycles. The molecule has 1 aromatic rings. The van der Waals surface area contributed by atoms with Crippen molar-refractivity contribution < 1.29 is 0 Å². The fraction of sp³-hybridized carbons (Fsp3) is 0.571. The Hall–Kier alpha value is -0.380. The normalized spacial score (nSPS) is 26.8. The Labute approximate surface area is 112 Å². The van der Waals surface area contributed by atoms with Gasteiger partial charge in [0.2, 0.25) is 0 Å². The number of piperidine rings is 1. The monoisotopic (exact) mass is 296 g/mol. The zero-order valence-electron chi connectivity index (χ0n) is 10.5. The van der Waals surface area contributed by atoms with Crippen molar-refractivity contribution in [3.8, 4) is 0 Å². The van der Waals surface area contributed by atoms with Crippen LogP contribution in [0.5, 0.6) is 0 Å². The van der Waals surface area contributed by atoms with E-state index in [-0.39, 0.29) is 0 Å². The predicted octanol–water partition coefficient (Wildman–Crippen LogP) is 3.10. The number of rotatable bonds is 3. The fourth-order valence-corrected chi connectivity index (χ4v) is 2.87. The Morgan fingerprint density at radius 2 is 2.29 bits per heavy atom. The van der Waals surface area contributed by atoms with Gasteiger partial charge in [-0.05, 0) is 50.0 Å². The summed E-state index contributed by atoms with van der Waals surface area (Å²) in [5, 5.41) is 7.19. The topological polar surface area (TPSA) is 24.1 Å². The molecule has 17 heavy (non-hydrogen) atoms. The molecular formula is C14H21BrN2. The molecule has 1 saturated heterocycles. The molecule has 94 valence electrons. The van der Waals surface area contributed by atoms with Gasteiger partial charge in [-0.15, -0.1) is 0 Å². The van der Waals surface area contributed by atoms with Crippen molar-refractivity contribution in [2.75, 3.05) is 13.1 Å². The van der Waals surface area contributed by atoms with Crippen LogP contribution in [0.2, 0.25) is 0 Å². The molecule has 0 radical (unpaired) electrons. The van der Waals surface area contributed by atoms with Gasteiger partial charge in [-0.3, -0.25) is 0 Å². The van der Waals surface area contributed by atoms with Gasteiger partial charge in [-0.2, -0.15) is 0 Å². The van der Waals surface area contributed by atoms with E-state index in [1.807, 2.05) is 0 Å². The molecule has 0 aliphatic carbocycles. The molecule has 1 aromatic carbocycles. The van der Waals surface area contributed by atoms with Crippen LogP contribution in [0.25, 0.3) is 0 Å². The molecular weight excluding hydrogens is 276 g/mol. The van der Waals surface area contributed by atoms with Crippen LogP contribution >= 0.6 is 15.9 Å². The highest BCUT2D eigenvalue weighted by atomic mass is 79.9. The highest BCUT2D eigenvalue weighted by molar-refractivity contribution is 9.10. The first-order chi connectivity index (χ1) is 8.16. The van der Waals surface area contributed by atoms with E-state index in [9.17, 15) is 0 Å². The summed E-state index contributed by atoms with van der Waals surface area (Å²) < 4.78 is 1.15. The lowest BCUT2D eigenvalue weighted by Gasteiger charge is -2.33. The SMILES string of the molecule is CC(NC1CCNCC1C)c1cccc(Br)c1. The Balaban J connectivity index is 1.98. The lowest BCUT2D eigenvalue weighted by molar-refractivity contribution is 0.278. The third-order valence-corrected chi connectivity index (χ3v) is 4.09. The molecule has 2 N–H and O–H groups in total. The zero-order chi connectivity index (χ0) is 12.3. The molecule has 1 aliphatic rings. The Kier molecular flexibility index (Phi) is 4.60. The second-order valence-corrected chi connectivity index (χ2v) is 5.94. The lowest BCUT2D eigenvalue weighted by Crippen LogP contribution is -2.47. The number of nitrogens with one attached hydrogen (secondary N) is 2. The number of hydrogen-bond donors (Lipinski definition) is 2. The van der Waals surface area contributed by atoms with Crippen molar-refractivity contribution in [3.05, 3.63) is 34.3 Å². The Morgan fingerprint density at radius 3 is 3.00 bits per heavy atom. The van der Waals surface area contributed by atoms with Crippen LogP contribution in [0.4, 0.5) is 0 Å². The van der Waals surface area contributed by atoms with E-state index in [4.69, 9.17) is 0 Å². The first-order valence-electron chi connectivity index (χ1n) is 6.39. The van der Waals surface area contributed by atoms with Crippen LogP contribution in [0.3, 0.4) is 0 Å². The number of benzene rings is 1. The molecule has 0 spiro atoms. The van der Waals surface area contributed by atoms with Crippen LogP contribution in [0, 0.1) is 5.92 Å². The predicted molar refractivity (Wildman–Crippen MR) is 76.1 cm³/mol. The summed E-state index contributed by atoms with van der Waals surface area (Å²) in [5.41, 5.74) is 1.35. The van der Waals surface area contributed by atoms with Gasteiger partial charge in [-0.25, -0.2) is 0 Å². The minimum atomic E-state index is 0.415. The van der Waals surface area contributed by atoms with E-state index >= 15 is 0 Å². The third kappa shape index (κ3) is 3.54. The lowest BCUT2D eigenvalue weighted by atomic mass is 9.94. The van der Waals surface area contributed by atoms with E-state index in [1.54, 1.807) is 0 Å². The highest BCUT2D eigenvalue weighted by Crippen LogP contribution is 2.20. The number of halogens is 1. The standard InChI is InChI=1S/C14H21BrN2/c1-10-9-16-7-6-14(10)17-11(2)12-4-3-5-13(15)8-12/h3-5,8,10-11,14,16-17H,6-7,9H2,1-2H3. The molecule has 3 atom stereocenters. The molecule has 0 bridgehead atoms. The second-order valence-electron chi connectivity index (χ2n) is 5.02. The Bertz CT molecular complexity index is 367. The smallest absolute Gasteiger partial charge is 0.0294 e. The molecule has 1 heterocycles. The van der Waals surface area contributed by atoms with Crippen molar-refractivity contribution in [2.24, 2.45) is 5.92 Å². The van der Waals surface area contributed by atoms with Crippen LogP contribution in [-0.4, -0.2) is 19.1 Å². The molecule has 2 rings (SSSR count). The molecule has 1 fully saturated rings. The molecule has 1 aliphatic heterocycles. The molecule has 2 nitrogen and oxygen atoms in total. The van der Waals surface area contributed by atoms with Gasteiger partial charge < -0.3 is 10.6 Å². The first-order valence-corrected chi connectivity index (χ1v) is 7.18. The van der Waals surface area contributed by atoms with Gasteiger partial charge in [0.25, 0.3) is 0 Å². The van der Waals surface area contributed by atoms with Crippen molar-refractivity contribution in [2.45, 2.75) is 32.4 Å². The summed E-state index contributed by atoms with van der Waals surface area (Å²) in [6, 6.07) is 9.60. The maximum Gasteiger partial charge on any atom is 0.0294 e. The van der Waals surface area contributed by atoms with Crippen LogP contribution in [0.15, 0.2) is 28.7 Å². The maximum absolute atomic E-state index is 3.75. The van der Waals surface area contributed by atoms with Crippen LogP contribution < -0.4 is 10.6 Å². The van der Waals surface area contributed by atoms with Gasteiger partial charge in [0, 0.05) is 16.6 Å². The van der Waals surface area contributed by atoms with E-state index < -0.39 is 0 Å². The van der Waals surface area contributed by atoms with Crippen molar-refractivity contribution in [3.63, 3.8) is 0 Å². The summed E-state index contributed by atoms with van der Waals surface area (Å²) in [5.74, 6) is 0.707. The quantitative estimate of drug-likeness (QED) is 0.896. The Morgan fingerprint density at radius 1 is 1.47 bits per heavy atom. The first kappa shape index (κ1) is 13.1. The zero-order valence-corrected chi connectivity index (χ0v) is 12.1. The average molecular weight is 297 g/mol. The molecule has 0 amide bonds. The molecule has 3 unspecified atom stereocenters. The van der Waals surface area contributed by atoms with Gasteiger partial charge in [-0.1, -0.05) is 35.0 Å². The highest BCUT2D eigenvalue weighted by Gasteiger charge is 2.22. The third-order valence-electron chi connectivity index (χ3n) is 3.60. The molecule has 3 heteroatoms.